The maximum Gasteiger partial charge on any atom is 0.220 e. The van der Waals surface area contributed by atoms with Gasteiger partial charge in [-0.3, -0.25) is 4.79 Å². The van der Waals surface area contributed by atoms with Gasteiger partial charge in [0.2, 0.25) is 5.91 Å². The number of amides is 1. The monoisotopic (exact) mass is 200 g/mol. The van der Waals surface area contributed by atoms with Gasteiger partial charge in [0.1, 0.15) is 0 Å². The average Bonchev–Trinajstić information content (AvgIpc) is 2.12. The van der Waals surface area contributed by atoms with Gasteiger partial charge in [0.15, 0.2) is 0 Å². The van der Waals surface area contributed by atoms with E-state index in [4.69, 9.17) is 5.73 Å². The molecule has 3 heteroatoms. The van der Waals surface area contributed by atoms with Gasteiger partial charge >= 0.3 is 0 Å². The van der Waals surface area contributed by atoms with Gasteiger partial charge < -0.3 is 11.1 Å². The molecule has 0 aromatic carbocycles. The zero-order valence-electron chi connectivity index (χ0n) is 9.68. The van der Waals surface area contributed by atoms with Crippen molar-refractivity contribution in [2.45, 2.75) is 40.0 Å². The second-order valence-corrected chi connectivity index (χ2v) is 4.42. The Hall–Kier alpha value is -0.570. The molecule has 1 unspecified atom stereocenters. The van der Waals surface area contributed by atoms with Gasteiger partial charge in [-0.25, -0.2) is 0 Å². The molecule has 0 aliphatic carbocycles. The number of carbonyl (C=O) groups excluding carboxylic acids is 1. The Morgan fingerprint density at radius 1 is 1.29 bits per heavy atom. The van der Waals surface area contributed by atoms with Gasteiger partial charge in [0.05, 0.1) is 0 Å². The van der Waals surface area contributed by atoms with E-state index >= 15 is 0 Å². The van der Waals surface area contributed by atoms with E-state index in [-0.39, 0.29) is 5.91 Å². The quantitative estimate of drug-likeness (QED) is 0.654. The summed E-state index contributed by atoms with van der Waals surface area (Å²) in [6, 6.07) is 0. The van der Waals surface area contributed by atoms with Crippen LogP contribution in [0.4, 0.5) is 0 Å². The molecular formula is C11H24N2O. The zero-order chi connectivity index (χ0) is 11.0. The fraction of sp³-hybridized carbons (Fsp3) is 0.909. The van der Waals surface area contributed by atoms with Gasteiger partial charge in [-0.05, 0) is 31.2 Å². The lowest BCUT2D eigenvalue weighted by Crippen LogP contribution is -2.27. The van der Waals surface area contributed by atoms with E-state index in [0.29, 0.717) is 18.3 Å². The van der Waals surface area contributed by atoms with E-state index in [9.17, 15) is 4.79 Å². The number of nitrogens with one attached hydrogen (secondary N) is 1. The highest BCUT2D eigenvalue weighted by atomic mass is 16.1. The van der Waals surface area contributed by atoms with Crippen LogP contribution in [0.25, 0.3) is 0 Å². The summed E-state index contributed by atoms with van der Waals surface area (Å²) in [5.74, 6) is 1.26. The number of carbonyl (C=O) groups is 1. The van der Waals surface area contributed by atoms with Gasteiger partial charge in [-0.1, -0.05) is 20.8 Å². The summed E-state index contributed by atoms with van der Waals surface area (Å²) in [5.41, 5.74) is 5.43. The molecule has 0 bridgehead atoms. The molecular weight excluding hydrogens is 176 g/mol. The molecule has 0 aromatic rings. The lowest BCUT2D eigenvalue weighted by atomic mass is 10.0. The maximum atomic E-state index is 11.3. The highest BCUT2D eigenvalue weighted by Crippen LogP contribution is 2.08. The van der Waals surface area contributed by atoms with E-state index < -0.39 is 0 Å². The first kappa shape index (κ1) is 13.4. The Morgan fingerprint density at radius 2 is 1.93 bits per heavy atom. The van der Waals surface area contributed by atoms with Crippen molar-refractivity contribution in [3.05, 3.63) is 0 Å². The molecule has 14 heavy (non-hydrogen) atoms. The number of nitrogens with two attached hydrogens (primary N) is 1. The fourth-order valence-electron chi connectivity index (χ4n) is 1.21. The maximum absolute atomic E-state index is 11.3. The Bertz CT molecular complexity index is 157. The first-order valence-corrected chi connectivity index (χ1v) is 5.53. The van der Waals surface area contributed by atoms with E-state index in [1.807, 2.05) is 0 Å². The van der Waals surface area contributed by atoms with Crippen molar-refractivity contribution in [1.29, 1.82) is 0 Å². The molecule has 0 fully saturated rings. The lowest BCUT2D eigenvalue weighted by Gasteiger charge is -2.10. The summed E-state index contributed by atoms with van der Waals surface area (Å²) in [6.45, 7) is 7.83. The van der Waals surface area contributed by atoms with Gasteiger partial charge in [0, 0.05) is 13.0 Å². The molecule has 0 aliphatic heterocycles. The van der Waals surface area contributed by atoms with Crippen LogP contribution in [0.3, 0.4) is 0 Å². The van der Waals surface area contributed by atoms with Crippen LogP contribution in [-0.4, -0.2) is 19.0 Å². The Labute approximate surface area is 87.4 Å². The zero-order valence-corrected chi connectivity index (χ0v) is 9.68. The van der Waals surface area contributed by atoms with Crippen LogP contribution < -0.4 is 11.1 Å². The molecule has 0 spiro atoms. The molecule has 0 saturated carbocycles. The first-order valence-electron chi connectivity index (χ1n) is 5.53. The topological polar surface area (TPSA) is 55.1 Å². The third kappa shape index (κ3) is 8.05. The van der Waals surface area contributed by atoms with E-state index in [1.165, 1.54) is 0 Å². The molecule has 84 valence electrons. The molecule has 0 radical (unpaired) electrons. The van der Waals surface area contributed by atoms with Crippen molar-refractivity contribution in [3.8, 4) is 0 Å². The Balaban J connectivity index is 3.43. The van der Waals surface area contributed by atoms with Crippen LogP contribution in [0.5, 0.6) is 0 Å². The predicted octanol–water partition coefficient (Wildman–Crippen LogP) is 1.52. The van der Waals surface area contributed by atoms with Crippen LogP contribution >= 0.6 is 0 Å². The molecule has 0 saturated heterocycles. The summed E-state index contributed by atoms with van der Waals surface area (Å²) in [4.78, 5) is 11.3. The second kappa shape index (κ2) is 7.80. The number of hydrogen-bond acceptors (Lipinski definition) is 2. The summed E-state index contributed by atoms with van der Waals surface area (Å²) >= 11 is 0. The highest BCUT2D eigenvalue weighted by molar-refractivity contribution is 5.75. The summed E-state index contributed by atoms with van der Waals surface area (Å²) in [7, 11) is 0. The van der Waals surface area contributed by atoms with Crippen molar-refractivity contribution in [2.75, 3.05) is 13.1 Å². The van der Waals surface area contributed by atoms with Crippen molar-refractivity contribution in [3.63, 3.8) is 0 Å². The molecule has 3 N–H and O–H groups in total. The third-order valence-electron chi connectivity index (χ3n) is 2.23. The Morgan fingerprint density at radius 3 is 2.43 bits per heavy atom. The minimum Gasteiger partial charge on any atom is -0.356 e. The third-order valence-corrected chi connectivity index (χ3v) is 2.23. The molecule has 0 aromatic heterocycles. The first-order chi connectivity index (χ1) is 6.56. The van der Waals surface area contributed by atoms with E-state index in [1.54, 1.807) is 0 Å². The van der Waals surface area contributed by atoms with Crippen LogP contribution in [0.15, 0.2) is 0 Å². The van der Waals surface area contributed by atoms with Crippen molar-refractivity contribution in [1.82, 2.24) is 5.32 Å². The summed E-state index contributed by atoms with van der Waals surface area (Å²) in [5, 5.41) is 2.91. The fourth-order valence-corrected chi connectivity index (χ4v) is 1.21. The average molecular weight is 200 g/mol. The van der Waals surface area contributed by atoms with Crippen molar-refractivity contribution >= 4 is 5.91 Å². The standard InChI is InChI=1S/C11H24N2O/c1-9(2)8-13-11(14)5-4-10(3)6-7-12/h9-10H,4-8,12H2,1-3H3,(H,13,14). The largest absolute Gasteiger partial charge is 0.356 e. The number of rotatable bonds is 7. The number of hydrogen-bond donors (Lipinski definition) is 2. The molecule has 3 nitrogen and oxygen atoms in total. The molecule has 0 rings (SSSR count). The Kier molecular flexibility index (Phi) is 7.48. The molecule has 1 amide bonds. The van der Waals surface area contributed by atoms with Crippen molar-refractivity contribution in [2.24, 2.45) is 17.6 Å². The van der Waals surface area contributed by atoms with Gasteiger partial charge in [-0.2, -0.15) is 0 Å². The lowest BCUT2D eigenvalue weighted by molar-refractivity contribution is -0.121. The van der Waals surface area contributed by atoms with Crippen LogP contribution in [0, 0.1) is 11.8 Å². The minimum absolute atomic E-state index is 0.169. The van der Waals surface area contributed by atoms with E-state index in [2.05, 4.69) is 26.1 Å². The van der Waals surface area contributed by atoms with Gasteiger partial charge in [0.25, 0.3) is 0 Å². The minimum atomic E-state index is 0.169. The SMILES string of the molecule is CC(C)CNC(=O)CCC(C)CCN. The molecule has 0 heterocycles. The van der Waals surface area contributed by atoms with Crippen LogP contribution in [-0.2, 0) is 4.79 Å². The summed E-state index contributed by atoms with van der Waals surface area (Å²) < 4.78 is 0. The van der Waals surface area contributed by atoms with Crippen LogP contribution in [0.2, 0.25) is 0 Å². The molecule has 1 atom stereocenters. The highest BCUT2D eigenvalue weighted by Gasteiger charge is 2.06. The van der Waals surface area contributed by atoms with Crippen LogP contribution in [0.1, 0.15) is 40.0 Å². The summed E-state index contributed by atoms with van der Waals surface area (Å²) in [6.07, 6.45) is 2.59. The smallest absolute Gasteiger partial charge is 0.220 e. The second-order valence-electron chi connectivity index (χ2n) is 4.42. The normalized spacial score (nSPS) is 12.9. The predicted molar refractivity (Wildman–Crippen MR) is 59.9 cm³/mol. The van der Waals surface area contributed by atoms with E-state index in [0.717, 1.165) is 25.9 Å². The molecule has 0 aliphatic rings. The van der Waals surface area contributed by atoms with Gasteiger partial charge in [-0.15, -0.1) is 0 Å². The van der Waals surface area contributed by atoms with Crippen molar-refractivity contribution < 1.29 is 4.79 Å².